The predicted molar refractivity (Wildman–Crippen MR) is 114 cm³/mol. The SMILES string of the molecule is CCCN(C(=O)c1ccc(CSc2ncn[nH]2)cc1)C1CCNCC1.Cl.Cl. The number of carbonyl (C=O) groups is 1. The molecule has 150 valence electrons. The largest absolute Gasteiger partial charge is 0.336 e. The summed E-state index contributed by atoms with van der Waals surface area (Å²) in [6, 6.07) is 8.31. The van der Waals surface area contributed by atoms with Gasteiger partial charge in [0.1, 0.15) is 6.33 Å². The number of nitrogens with zero attached hydrogens (tertiary/aromatic N) is 3. The lowest BCUT2D eigenvalue weighted by molar-refractivity contribution is 0.0642. The number of halogens is 2. The molecule has 2 heterocycles. The summed E-state index contributed by atoms with van der Waals surface area (Å²) < 4.78 is 0. The molecule has 2 aromatic rings. The fourth-order valence-electron chi connectivity index (χ4n) is 3.13. The third-order valence-electron chi connectivity index (χ3n) is 4.44. The highest BCUT2D eigenvalue weighted by molar-refractivity contribution is 7.98. The number of aromatic nitrogens is 3. The minimum atomic E-state index is 0. The Balaban J connectivity index is 0.00000182. The topological polar surface area (TPSA) is 73.9 Å². The first-order valence-corrected chi connectivity index (χ1v) is 9.85. The third kappa shape index (κ3) is 6.68. The summed E-state index contributed by atoms with van der Waals surface area (Å²) in [5, 5.41) is 10.9. The van der Waals surface area contributed by atoms with E-state index < -0.39 is 0 Å². The van der Waals surface area contributed by atoms with Gasteiger partial charge in [0.05, 0.1) is 0 Å². The second-order valence-electron chi connectivity index (χ2n) is 6.26. The molecule has 3 rings (SSSR count). The highest BCUT2D eigenvalue weighted by atomic mass is 35.5. The van der Waals surface area contributed by atoms with Crippen molar-refractivity contribution in [2.24, 2.45) is 0 Å². The number of hydrogen-bond donors (Lipinski definition) is 2. The molecule has 0 bridgehead atoms. The Labute approximate surface area is 177 Å². The van der Waals surface area contributed by atoms with Crippen LogP contribution in [0.1, 0.15) is 42.1 Å². The highest BCUT2D eigenvalue weighted by Gasteiger charge is 2.25. The average molecular weight is 432 g/mol. The van der Waals surface area contributed by atoms with Crippen LogP contribution in [-0.4, -0.2) is 51.7 Å². The van der Waals surface area contributed by atoms with Crippen molar-refractivity contribution in [3.05, 3.63) is 41.7 Å². The van der Waals surface area contributed by atoms with Gasteiger partial charge in [0.15, 0.2) is 5.16 Å². The standard InChI is InChI=1S/C18H25N5OS.2ClH/c1-2-11-23(16-7-9-19-10-8-16)17(24)15-5-3-14(4-6-15)12-25-18-20-13-21-22-18;;/h3-6,13,16,19H,2,7-12H2,1H3,(H,20,21,22);2*1H. The van der Waals surface area contributed by atoms with Gasteiger partial charge in [-0.05, 0) is 50.0 Å². The van der Waals surface area contributed by atoms with Crippen molar-refractivity contribution in [3.63, 3.8) is 0 Å². The van der Waals surface area contributed by atoms with Gasteiger partial charge in [-0.25, -0.2) is 4.98 Å². The fourth-order valence-corrected chi connectivity index (χ4v) is 3.87. The molecule has 0 spiro atoms. The zero-order chi connectivity index (χ0) is 17.5. The van der Waals surface area contributed by atoms with Crippen molar-refractivity contribution < 1.29 is 4.79 Å². The molecular weight excluding hydrogens is 405 g/mol. The minimum absolute atomic E-state index is 0. The number of benzene rings is 1. The lowest BCUT2D eigenvalue weighted by Gasteiger charge is -2.34. The Morgan fingerprint density at radius 2 is 1.93 bits per heavy atom. The summed E-state index contributed by atoms with van der Waals surface area (Å²) in [6.45, 7) is 4.95. The van der Waals surface area contributed by atoms with Crippen molar-refractivity contribution >= 4 is 42.5 Å². The van der Waals surface area contributed by atoms with E-state index in [1.165, 1.54) is 11.9 Å². The molecule has 1 amide bonds. The van der Waals surface area contributed by atoms with E-state index in [0.29, 0.717) is 6.04 Å². The van der Waals surface area contributed by atoms with Gasteiger partial charge in [0.2, 0.25) is 0 Å². The Morgan fingerprint density at radius 3 is 2.52 bits per heavy atom. The van der Waals surface area contributed by atoms with Crippen LogP contribution in [0, 0.1) is 0 Å². The van der Waals surface area contributed by atoms with Gasteiger partial charge in [-0.3, -0.25) is 9.89 Å². The quantitative estimate of drug-likeness (QED) is 0.655. The monoisotopic (exact) mass is 431 g/mol. The number of amides is 1. The summed E-state index contributed by atoms with van der Waals surface area (Å²) in [4.78, 5) is 19.1. The molecule has 1 aromatic carbocycles. The van der Waals surface area contributed by atoms with E-state index >= 15 is 0 Å². The number of H-pyrrole nitrogens is 1. The van der Waals surface area contributed by atoms with Crippen LogP contribution in [0.4, 0.5) is 0 Å². The molecule has 1 aromatic heterocycles. The highest BCUT2D eigenvalue weighted by Crippen LogP contribution is 2.20. The number of hydrogen-bond acceptors (Lipinski definition) is 5. The van der Waals surface area contributed by atoms with Crippen molar-refractivity contribution in [2.45, 2.75) is 43.1 Å². The number of nitrogens with one attached hydrogen (secondary N) is 2. The van der Waals surface area contributed by atoms with Crippen LogP contribution < -0.4 is 5.32 Å². The zero-order valence-corrected chi connectivity index (χ0v) is 17.8. The van der Waals surface area contributed by atoms with Crippen LogP contribution in [0.2, 0.25) is 0 Å². The molecular formula is C18H27Cl2N5OS. The minimum Gasteiger partial charge on any atom is -0.336 e. The number of thioether (sulfide) groups is 1. The van der Waals surface area contributed by atoms with Gasteiger partial charge >= 0.3 is 0 Å². The first-order chi connectivity index (χ1) is 12.3. The summed E-state index contributed by atoms with van der Waals surface area (Å²) >= 11 is 1.60. The number of aromatic amines is 1. The van der Waals surface area contributed by atoms with Crippen molar-refractivity contribution in [2.75, 3.05) is 19.6 Å². The Hall–Kier alpha value is -1.28. The molecule has 27 heavy (non-hydrogen) atoms. The molecule has 1 saturated heterocycles. The lowest BCUT2D eigenvalue weighted by atomic mass is 10.0. The summed E-state index contributed by atoms with van der Waals surface area (Å²) in [6.07, 6.45) is 4.57. The molecule has 6 nitrogen and oxygen atoms in total. The van der Waals surface area contributed by atoms with Crippen LogP contribution in [0.3, 0.4) is 0 Å². The normalized spacial score (nSPS) is 14.1. The van der Waals surface area contributed by atoms with Gasteiger partial charge in [-0.2, -0.15) is 5.10 Å². The van der Waals surface area contributed by atoms with Gasteiger partial charge in [0, 0.05) is 23.9 Å². The molecule has 1 aliphatic heterocycles. The molecule has 2 N–H and O–H groups in total. The van der Waals surface area contributed by atoms with Crippen LogP contribution >= 0.6 is 36.6 Å². The van der Waals surface area contributed by atoms with Gasteiger partial charge in [-0.1, -0.05) is 30.8 Å². The Kier molecular flexibility index (Phi) is 10.8. The van der Waals surface area contributed by atoms with Crippen LogP contribution in [0.25, 0.3) is 0 Å². The summed E-state index contributed by atoms with van der Waals surface area (Å²) in [7, 11) is 0. The van der Waals surface area contributed by atoms with E-state index in [2.05, 4.69) is 32.3 Å². The number of carbonyl (C=O) groups excluding carboxylic acids is 1. The van der Waals surface area contributed by atoms with Crippen LogP contribution in [0.5, 0.6) is 0 Å². The maximum Gasteiger partial charge on any atom is 0.254 e. The molecule has 0 aliphatic carbocycles. The van der Waals surface area contributed by atoms with E-state index in [-0.39, 0.29) is 30.7 Å². The molecule has 1 fully saturated rings. The maximum atomic E-state index is 13.0. The first-order valence-electron chi connectivity index (χ1n) is 8.86. The first kappa shape index (κ1) is 23.8. The molecule has 0 radical (unpaired) electrons. The van der Waals surface area contributed by atoms with Crippen LogP contribution in [-0.2, 0) is 5.75 Å². The van der Waals surface area contributed by atoms with E-state index in [1.54, 1.807) is 11.8 Å². The van der Waals surface area contributed by atoms with Crippen LogP contribution in [0.15, 0.2) is 35.7 Å². The van der Waals surface area contributed by atoms with Gasteiger partial charge in [0.25, 0.3) is 5.91 Å². The summed E-state index contributed by atoms with van der Waals surface area (Å²) in [5.74, 6) is 0.958. The second kappa shape index (κ2) is 12.2. The summed E-state index contributed by atoms with van der Waals surface area (Å²) in [5.41, 5.74) is 1.95. The van der Waals surface area contributed by atoms with E-state index in [9.17, 15) is 4.79 Å². The Bertz CT molecular complexity index is 663. The number of piperidine rings is 1. The third-order valence-corrected chi connectivity index (χ3v) is 5.39. The molecule has 9 heteroatoms. The zero-order valence-electron chi connectivity index (χ0n) is 15.4. The molecule has 0 atom stereocenters. The number of rotatable bonds is 7. The van der Waals surface area contributed by atoms with Crippen molar-refractivity contribution in [1.82, 2.24) is 25.4 Å². The maximum absolute atomic E-state index is 13.0. The van der Waals surface area contributed by atoms with E-state index in [4.69, 9.17) is 0 Å². The fraction of sp³-hybridized carbons (Fsp3) is 0.500. The van der Waals surface area contributed by atoms with E-state index in [1.807, 2.05) is 24.3 Å². The average Bonchev–Trinajstić information content (AvgIpc) is 3.19. The predicted octanol–water partition coefficient (Wildman–Crippen LogP) is 3.54. The smallest absolute Gasteiger partial charge is 0.254 e. The molecule has 0 saturated carbocycles. The Morgan fingerprint density at radius 1 is 1.22 bits per heavy atom. The van der Waals surface area contributed by atoms with Crippen molar-refractivity contribution in [1.29, 1.82) is 0 Å². The molecule has 0 unspecified atom stereocenters. The second-order valence-corrected chi connectivity index (χ2v) is 7.22. The van der Waals surface area contributed by atoms with E-state index in [0.717, 1.165) is 55.4 Å². The van der Waals surface area contributed by atoms with Crippen molar-refractivity contribution in [3.8, 4) is 0 Å². The molecule has 1 aliphatic rings. The van der Waals surface area contributed by atoms with Gasteiger partial charge < -0.3 is 10.2 Å². The lowest BCUT2D eigenvalue weighted by Crippen LogP contribution is -2.46. The van der Waals surface area contributed by atoms with Gasteiger partial charge in [-0.15, -0.1) is 24.8 Å².